The number of halogens is 3. The first-order chi connectivity index (χ1) is 15.8. The molecule has 2 aliphatic heterocycles. The van der Waals surface area contributed by atoms with E-state index in [4.69, 9.17) is 0 Å². The molecule has 0 unspecified atom stereocenters. The van der Waals surface area contributed by atoms with Crippen molar-refractivity contribution in [3.63, 3.8) is 0 Å². The van der Waals surface area contributed by atoms with Crippen LogP contribution >= 0.6 is 0 Å². The molecule has 4 heterocycles. The average Bonchev–Trinajstić information content (AvgIpc) is 3.51. The van der Waals surface area contributed by atoms with Crippen molar-refractivity contribution in [2.24, 2.45) is 5.92 Å². The van der Waals surface area contributed by atoms with Gasteiger partial charge in [0.05, 0.1) is 0 Å². The van der Waals surface area contributed by atoms with Gasteiger partial charge in [0.2, 0.25) is 0 Å². The zero-order chi connectivity index (χ0) is 23.2. The number of alkyl halides is 3. The van der Waals surface area contributed by atoms with E-state index >= 15 is 0 Å². The fourth-order valence-corrected chi connectivity index (χ4v) is 6.43. The maximum absolute atomic E-state index is 13.4. The van der Waals surface area contributed by atoms with Gasteiger partial charge < -0.3 is 0 Å². The molecule has 0 aromatic carbocycles. The maximum atomic E-state index is 13.4. The number of hydrogen-bond acceptors (Lipinski definition) is 4. The van der Waals surface area contributed by atoms with Gasteiger partial charge in [-0.05, 0) is 0 Å². The summed E-state index contributed by atoms with van der Waals surface area (Å²) in [4.78, 5) is 14.2. The Kier molecular flexibility index (Phi) is 6.06. The molecule has 2 bridgehead atoms. The van der Waals surface area contributed by atoms with Crippen molar-refractivity contribution in [1.82, 2.24) is 19.8 Å². The van der Waals surface area contributed by atoms with Gasteiger partial charge in [0.15, 0.2) is 0 Å². The Bertz CT molecular complexity index is 1120. The monoisotopic (exact) mass is 525 g/mol. The summed E-state index contributed by atoms with van der Waals surface area (Å²) in [6.07, 6.45) is 6.24. The van der Waals surface area contributed by atoms with Crippen molar-refractivity contribution >= 4 is 36.7 Å². The number of hydrogen-bond donors (Lipinski definition) is 2. The topological polar surface area (TPSA) is 61.7 Å². The molecule has 6 nitrogen and oxygen atoms in total. The van der Waals surface area contributed by atoms with Crippen LogP contribution in [0.1, 0.15) is 44.2 Å². The van der Waals surface area contributed by atoms with Gasteiger partial charge in [0, 0.05) is 0 Å². The summed E-state index contributed by atoms with van der Waals surface area (Å²) in [7, 11) is 2.16. The molecule has 1 saturated carbocycles. The van der Waals surface area contributed by atoms with E-state index in [1.807, 2.05) is 6.07 Å². The van der Waals surface area contributed by atoms with E-state index in [2.05, 4.69) is 39.5 Å². The second-order valence-corrected chi connectivity index (χ2v) is 11.3. The van der Waals surface area contributed by atoms with Gasteiger partial charge in [-0.15, -0.1) is 0 Å². The molecule has 2 aromatic rings. The van der Waals surface area contributed by atoms with E-state index in [1.54, 1.807) is 16.6 Å². The summed E-state index contributed by atoms with van der Waals surface area (Å²) in [6.45, 7) is 0.101. The van der Waals surface area contributed by atoms with Crippen molar-refractivity contribution in [1.29, 1.82) is 0 Å². The predicted molar refractivity (Wildman–Crippen MR) is 120 cm³/mol. The van der Waals surface area contributed by atoms with E-state index in [0.717, 1.165) is 32.1 Å². The summed E-state index contributed by atoms with van der Waals surface area (Å²) in [6, 6.07) is 6.58. The van der Waals surface area contributed by atoms with Gasteiger partial charge in [-0.3, -0.25) is 0 Å². The van der Waals surface area contributed by atoms with Crippen LogP contribution in [0.15, 0.2) is 18.2 Å². The zero-order valence-corrected chi connectivity index (χ0v) is 20.0. The fraction of sp³-hybridized carbons (Fsp3) is 0.565. The van der Waals surface area contributed by atoms with Gasteiger partial charge in [0.25, 0.3) is 0 Å². The summed E-state index contributed by atoms with van der Waals surface area (Å²) in [5.74, 6) is 6.28. The first kappa shape index (κ1) is 22.6. The molecule has 3 aliphatic rings. The molecule has 10 heteroatoms. The Morgan fingerprint density at radius 1 is 1.21 bits per heavy atom. The Labute approximate surface area is 196 Å². The van der Waals surface area contributed by atoms with Gasteiger partial charge >= 0.3 is 197 Å². The average molecular weight is 524 g/mol. The summed E-state index contributed by atoms with van der Waals surface area (Å²) in [5.41, 5.74) is 0.557. The van der Waals surface area contributed by atoms with Crippen molar-refractivity contribution in [3.05, 3.63) is 23.9 Å². The minimum absolute atomic E-state index is 0.0443. The molecule has 2 aromatic heterocycles. The van der Waals surface area contributed by atoms with E-state index in [-0.39, 0.29) is 34.6 Å². The first-order valence-electron chi connectivity index (χ1n) is 11.3. The third kappa shape index (κ3) is 4.86. The van der Waals surface area contributed by atoms with E-state index in [1.165, 1.54) is 6.42 Å². The second kappa shape index (κ2) is 8.86. The van der Waals surface area contributed by atoms with Crippen LogP contribution in [0.3, 0.4) is 0 Å². The Balaban J connectivity index is 1.42. The van der Waals surface area contributed by atoms with Crippen LogP contribution in [0.25, 0.3) is 5.52 Å². The summed E-state index contributed by atoms with van der Waals surface area (Å²) < 4.78 is 41.9. The van der Waals surface area contributed by atoms with Crippen LogP contribution in [0, 0.1) is 17.8 Å². The summed E-state index contributed by atoms with van der Waals surface area (Å²) >= 11 is -1.78. The number of nitrogens with zero attached hydrogens (tertiary/aromatic N) is 3. The Morgan fingerprint density at radius 3 is 2.76 bits per heavy atom. The molecule has 1 aliphatic carbocycles. The molecule has 3 atom stereocenters. The Morgan fingerprint density at radius 2 is 2.00 bits per heavy atom. The molecule has 2 saturated heterocycles. The van der Waals surface area contributed by atoms with Crippen molar-refractivity contribution in [3.8, 4) is 11.8 Å². The molecule has 0 radical (unpaired) electrons. The number of rotatable bonds is 5. The molecule has 1 amide bonds. The number of piperidine rings is 1. The van der Waals surface area contributed by atoms with Crippen molar-refractivity contribution in [2.45, 2.75) is 61.7 Å². The zero-order valence-electron chi connectivity index (χ0n) is 18.3. The quantitative estimate of drug-likeness (QED) is 0.465. The van der Waals surface area contributed by atoms with Gasteiger partial charge in [-0.25, -0.2) is 0 Å². The third-order valence-electron chi connectivity index (χ3n) is 6.84. The number of pyridine rings is 1. The van der Waals surface area contributed by atoms with Crippen LogP contribution < -0.4 is 15.1 Å². The second-order valence-electron chi connectivity index (χ2n) is 9.02. The molecule has 2 N–H and O–H groups in total. The van der Waals surface area contributed by atoms with Crippen LogP contribution in [0.5, 0.6) is 0 Å². The number of fused-ring (bicyclic) bond motifs is 3. The van der Waals surface area contributed by atoms with Gasteiger partial charge in [0.1, 0.15) is 0 Å². The predicted octanol–water partition coefficient (Wildman–Crippen LogP) is 2.10. The number of anilines is 1. The minimum atomic E-state index is -4.32. The SMILES string of the molecule is CN1[C@H]2CC[C@@H]1[C@H](Nc1cccc3c([Se]C(F)(F)F)c(C#CCNC(=O)C4CC4)nn13)CC2. The molecule has 3 fully saturated rings. The van der Waals surface area contributed by atoms with E-state index < -0.39 is 20.0 Å². The number of aromatic nitrogens is 2. The van der Waals surface area contributed by atoms with Crippen molar-refractivity contribution in [2.75, 3.05) is 18.9 Å². The third-order valence-corrected chi connectivity index (χ3v) is 8.60. The standard InChI is InChI=1S/C23H26F3N5OSe/c1-30-15-9-11-16(18(30)12-10-15)28-20-6-2-5-19-21(33-23(24,25)26)17(29-31(19)20)4-3-13-27-22(32)14-7-8-14/h2,5-6,14-16,18,28H,7-13H2,1H3,(H,27,32)/t15-,16-,18-/m1/s1. The fourth-order valence-electron chi connectivity index (χ4n) is 5.00. The number of likely N-dealkylation sites (N-methyl/N-ethyl adjacent to an activating group) is 1. The molecular weight excluding hydrogens is 498 g/mol. The van der Waals surface area contributed by atoms with E-state index in [9.17, 15) is 18.0 Å². The normalized spacial score (nSPS) is 25.0. The number of nitrogens with one attached hydrogen (secondary N) is 2. The first-order valence-corrected chi connectivity index (χ1v) is 13.0. The van der Waals surface area contributed by atoms with Crippen molar-refractivity contribution < 1.29 is 18.0 Å². The number of carbonyl (C=O) groups excluding carboxylic acids is 1. The summed E-state index contributed by atoms with van der Waals surface area (Å²) in [5, 5.41) is 6.44. The van der Waals surface area contributed by atoms with Crippen LogP contribution in [-0.2, 0) is 4.79 Å². The van der Waals surface area contributed by atoms with Crippen LogP contribution in [0.2, 0.25) is 0 Å². The van der Waals surface area contributed by atoms with Gasteiger partial charge in [-0.2, -0.15) is 0 Å². The molecule has 33 heavy (non-hydrogen) atoms. The molecular formula is C23H26F3N5OSe. The molecule has 176 valence electrons. The van der Waals surface area contributed by atoms with Gasteiger partial charge in [-0.1, -0.05) is 0 Å². The molecule has 0 spiro atoms. The number of amides is 1. The Hall–Kier alpha value is -2.21. The number of carbonyl (C=O) groups is 1. The van der Waals surface area contributed by atoms with Crippen LogP contribution in [0.4, 0.5) is 19.0 Å². The van der Waals surface area contributed by atoms with Crippen LogP contribution in [-0.4, -0.2) is 72.2 Å². The molecule has 5 rings (SSSR count). The van der Waals surface area contributed by atoms with E-state index in [0.29, 0.717) is 23.4 Å².